The maximum atomic E-state index is 13.2. The van der Waals surface area contributed by atoms with Crippen LogP contribution >= 0.6 is 0 Å². The quantitative estimate of drug-likeness (QED) is 0.160. The third kappa shape index (κ3) is 6.70. The highest BCUT2D eigenvalue weighted by Gasteiger charge is 2.29. The zero-order valence-electron chi connectivity index (χ0n) is 26.1. The van der Waals surface area contributed by atoms with Crippen molar-refractivity contribution in [3.05, 3.63) is 59.0 Å². The molecule has 0 aliphatic rings. The van der Waals surface area contributed by atoms with Crippen LogP contribution < -0.4 is 10.5 Å². The molecule has 4 aromatic rings. The standard InChI is InChI=1S/C32H43N5O4Si/c1-9-40-27-16-21(2)29-23(12-13-36(29)31(38)41-32(3,4)5)28(27)24(19-34)30-35-25-17-22(18-33)10-11-26(25)37(30)20-39-14-15-42(6,7)8/h10-13,16-17,24H,9,14-15,19-20,34H2,1-8H3. The number of carbonyl (C=O) groups excluding carboxylic acids is 1. The zero-order valence-corrected chi connectivity index (χ0v) is 27.1. The summed E-state index contributed by atoms with van der Waals surface area (Å²) in [5.74, 6) is 1.02. The van der Waals surface area contributed by atoms with Gasteiger partial charge in [0.05, 0.1) is 40.7 Å². The Morgan fingerprint density at radius 1 is 1.19 bits per heavy atom. The number of aromatic nitrogens is 3. The smallest absolute Gasteiger partial charge is 0.419 e. The van der Waals surface area contributed by atoms with E-state index in [0.717, 1.165) is 33.6 Å². The number of ether oxygens (including phenoxy) is 3. The van der Waals surface area contributed by atoms with E-state index in [1.807, 2.05) is 57.4 Å². The fraction of sp³-hybridized carbons (Fsp3) is 0.469. The average Bonchev–Trinajstić information content (AvgIpc) is 3.49. The second kappa shape index (κ2) is 12.3. The van der Waals surface area contributed by atoms with Crippen LogP contribution in [0.1, 0.15) is 56.1 Å². The summed E-state index contributed by atoms with van der Waals surface area (Å²) < 4.78 is 21.7. The number of carbonyl (C=O) groups is 1. The fourth-order valence-corrected chi connectivity index (χ4v) is 5.89. The van der Waals surface area contributed by atoms with Gasteiger partial charge in [0, 0.05) is 38.4 Å². The molecule has 42 heavy (non-hydrogen) atoms. The molecule has 0 amide bonds. The van der Waals surface area contributed by atoms with E-state index in [2.05, 4.69) is 25.7 Å². The summed E-state index contributed by atoms with van der Waals surface area (Å²) >= 11 is 0. The Bertz CT molecular complexity index is 1640. The van der Waals surface area contributed by atoms with Gasteiger partial charge in [0.25, 0.3) is 0 Å². The lowest BCUT2D eigenvalue weighted by Gasteiger charge is -2.23. The number of hydrogen-bond donors (Lipinski definition) is 1. The minimum absolute atomic E-state index is 0.235. The molecule has 0 aliphatic heterocycles. The van der Waals surface area contributed by atoms with Crippen LogP contribution in [0.2, 0.25) is 25.7 Å². The molecule has 2 heterocycles. The Kier molecular flexibility index (Phi) is 9.16. The fourth-order valence-electron chi connectivity index (χ4n) is 5.13. The molecule has 0 radical (unpaired) electrons. The van der Waals surface area contributed by atoms with Gasteiger partial charge in [0.2, 0.25) is 0 Å². The molecule has 2 aromatic heterocycles. The maximum Gasteiger partial charge on any atom is 0.419 e. The molecule has 1 atom stereocenters. The van der Waals surface area contributed by atoms with E-state index in [1.165, 1.54) is 0 Å². The van der Waals surface area contributed by atoms with E-state index in [1.54, 1.807) is 22.9 Å². The van der Waals surface area contributed by atoms with Crippen molar-refractivity contribution in [1.29, 1.82) is 5.26 Å². The Morgan fingerprint density at radius 2 is 1.93 bits per heavy atom. The molecule has 0 bridgehead atoms. The van der Waals surface area contributed by atoms with Gasteiger partial charge in [0.15, 0.2) is 0 Å². The van der Waals surface area contributed by atoms with Crippen LogP contribution in [0.4, 0.5) is 4.79 Å². The largest absolute Gasteiger partial charge is 0.494 e. The van der Waals surface area contributed by atoms with Crippen molar-refractivity contribution in [2.24, 2.45) is 5.73 Å². The maximum absolute atomic E-state index is 13.2. The molecule has 0 spiro atoms. The summed E-state index contributed by atoms with van der Waals surface area (Å²) in [6.07, 6.45) is 1.28. The number of rotatable bonds is 10. The monoisotopic (exact) mass is 589 g/mol. The van der Waals surface area contributed by atoms with Gasteiger partial charge in [-0.3, -0.25) is 4.57 Å². The lowest BCUT2D eigenvalue weighted by Crippen LogP contribution is -2.27. The first-order valence-corrected chi connectivity index (χ1v) is 18.2. The van der Waals surface area contributed by atoms with Gasteiger partial charge in [-0.2, -0.15) is 5.26 Å². The Hall–Kier alpha value is -3.65. The number of benzene rings is 2. The third-order valence-corrected chi connectivity index (χ3v) is 8.78. The number of aryl methyl sites for hydroxylation is 1. The Labute approximate surface area is 249 Å². The third-order valence-electron chi connectivity index (χ3n) is 7.07. The molecule has 0 saturated heterocycles. The number of nitriles is 1. The first-order valence-electron chi connectivity index (χ1n) is 14.5. The van der Waals surface area contributed by atoms with Gasteiger partial charge in [-0.15, -0.1) is 0 Å². The van der Waals surface area contributed by atoms with Crippen LogP contribution in [0, 0.1) is 18.3 Å². The van der Waals surface area contributed by atoms with Crippen LogP contribution in [0.25, 0.3) is 21.9 Å². The summed E-state index contributed by atoms with van der Waals surface area (Å²) in [5, 5.41) is 10.4. The second-order valence-corrected chi connectivity index (χ2v) is 18.4. The van der Waals surface area contributed by atoms with Crippen LogP contribution in [0.3, 0.4) is 0 Å². The number of fused-ring (bicyclic) bond motifs is 2. The predicted molar refractivity (Wildman–Crippen MR) is 169 cm³/mol. The summed E-state index contributed by atoms with van der Waals surface area (Å²) in [6.45, 7) is 18.1. The number of nitrogens with two attached hydrogens (primary N) is 1. The zero-order chi connectivity index (χ0) is 30.8. The van der Waals surface area contributed by atoms with Crippen molar-refractivity contribution in [1.82, 2.24) is 14.1 Å². The molecule has 0 fully saturated rings. The molecule has 9 nitrogen and oxygen atoms in total. The first kappa shape index (κ1) is 31.3. The van der Waals surface area contributed by atoms with E-state index in [-0.39, 0.29) is 12.5 Å². The van der Waals surface area contributed by atoms with E-state index >= 15 is 0 Å². The normalized spacial score (nSPS) is 13.0. The summed E-state index contributed by atoms with van der Waals surface area (Å²) in [5.41, 5.74) is 10.5. The molecular weight excluding hydrogens is 546 g/mol. The van der Waals surface area contributed by atoms with E-state index in [9.17, 15) is 10.1 Å². The van der Waals surface area contributed by atoms with Crippen molar-refractivity contribution in [3.8, 4) is 11.8 Å². The van der Waals surface area contributed by atoms with Gasteiger partial charge >= 0.3 is 6.09 Å². The second-order valence-electron chi connectivity index (χ2n) is 12.8. The Morgan fingerprint density at radius 3 is 2.55 bits per heavy atom. The highest BCUT2D eigenvalue weighted by molar-refractivity contribution is 6.76. The van der Waals surface area contributed by atoms with Gasteiger partial charge in [-0.05, 0) is 76.6 Å². The predicted octanol–water partition coefficient (Wildman–Crippen LogP) is 6.76. The molecule has 1 unspecified atom stereocenters. The van der Waals surface area contributed by atoms with Crippen LogP contribution in [-0.4, -0.2) is 53.6 Å². The molecule has 0 saturated carbocycles. The van der Waals surface area contributed by atoms with Gasteiger partial charge in [-0.1, -0.05) is 19.6 Å². The molecule has 0 aliphatic carbocycles. The van der Waals surface area contributed by atoms with Crippen molar-refractivity contribution >= 4 is 36.1 Å². The van der Waals surface area contributed by atoms with Gasteiger partial charge in [-0.25, -0.2) is 9.78 Å². The Balaban J connectivity index is 1.91. The van der Waals surface area contributed by atoms with Crippen LogP contribution in [0.5, 0.6) is 5.75 Å². The summed E-state index contributed by atoms with van der Waals surface area (Å²) in [6, 6.07) is 12.6. The average molecular weight is 590 g/mol. The van der Waals surface area contributed by atoms with E-state index in [4.69, 9.17) is 24.9 Å². The van der Waals surface area contributed by atoms with Crippen molar-refractivity contribution < 1.29 is 19.0 Å². The first-order chi connectivity index (χ1) is 19.8. The lowest BCUT2D eigenvalue weighted by atomic mass is 9.92. The summed E-state index contributed by atoms with van der Waals surface area (Å²) in [4.78, 5) is 18.2. The number of hydrogen-bond acceptors (Lipinski definition) is 7. The minimum Gasteiger partial charge on any atom is -0.494 e. The van der Waals surface area contributed by atoms with Crippen molar-refractivity contribution in [3.63, 3.8) is 0 Å². The SMILES string of the molecule is CCOc1cc(C)c2c(ccn2C(=O)OC(C)(C)C)c1C(CN)c1nc2cc(C#N)ccc2n1COCC[Si](C)(C)C. The van der Waals surface area contributed by atoms with E-state index in [0.29, 0.717) is 42.6 Å². The molecule has 10 heteroatoms. The van der Waals surface area contributed by atoms with Gasteiger partial charge < -0.3 is 24.5 Å². The van der Waals surface area contributed by atoms with E-state index < -0.39 is 19.8 Å². The molecular formula is C32H43N5O4Si. The van der Waals surface area contributed by atoms with Crippen molar-refractivity contribution in [2.75, 3.05) is 19.8 Å². The van der Waals surface area contributed by atoms with Gasteiger partial charge in [0.1, 0.15) is 23.9 Å². The summed E-state index contributed by atoms with van der Waals surface area (Å²) in [7, 11) is -1.28. The van der Waals surface area contributed by atoms with Crippen LogP contribution in [0.15, 0.2) is 36.5 Å². The number of nitrogens with zero attached hydrogens (tertiary/aromatic N) is 4. The molecule has 4 rings (SSSR count). The molecule has 2 aromatic carbocycles. The highest BCUT2D eigenvalue weighted by atomic mass is 28.3. The highest BCUT2D eigenvalue weighted by Crippen LogP contribution is 2.40. The number of imidazole rings is 1. The van der Waals surface area contributed by atoms with Crippen molar-refractivity contribution in [2.45, 2.75) is 78.6 Å². The topological polar surface area (TPSA) is 117 Å². The lowest BCUT2D eigenvalue weighted by molar-refractivity contribution is 0.0544. The molecule has 2 N–H and O–H groups in total. The minimum atomic E-state index is -1.28. The van der Waals surface area contributed by atoms with Crippen LogP contribution in [-0.2, 0) is 16.2 Å². The molecule has 224 valence electrons.